The molecule has 0 radical (unpaired) electrons. The zero-order valence-corrected chi connectivity index (χ0v) is 11.0. The summed E-state index contributed by atoms with van der Waals surface area (Å²) in [6.07, 6.45) is 6.54. The van der Waals surface area contributed by atoms with Crippen molar-refractivity contribution in [2.45, 2.75) is 27.7 Å². The Labute approximate surface area is 104 Å². The van der Waals surface area contributed by atoms with Gasteiger partial charge in [0.25, 0.3) is 0 Å². The van der Waals surface area contributed by atoms with Gasteiger partial charge < -0.3 is 0 Å². The van der Waals surface area contributed by atoms with E-state index < -0.39 is 0 Å². The van der Waals surface area contributed by atoms with Gasteiger partial charge in [-0.05, 0) is 44.1 Å². The van der Waals surface area contributed by atoms with Gasteiger partial charge in [-0.1, -0.05) is 36.8 Å². The Bertz CT molecular complexity index is 518. The molecule has 0 bridgehead atoms. The van der Waals surface area contributed by atoms with E-state index >= 15 is 0 Å². The summed E-state index contributed by atoms with van der Waals surface area (Å²) in [6, 6.07) is 6.40. The summed E-state index contributed by atoms with van der Waals surface area (Å²) in [6.45, 7) is 8.52. The summed E-state index contributed by atoms with van der Waals surface area (Å²) in [5.74, 6) is 0.402. The predicted molar refractivity (Wildman–Crippen MR) is 75.1 cm³/mol. The summed E-state index contributed by atoms with van der Waals surface area (Å²) in [5, 5.41) is 0. The third-order valence-electron chi connectivity index (χ3n) is 3.09. The van der Waals surface area contributed by atoms with Crippen LogP contribution >= 0.6 is 0 Å². The lowest BCUT2D eigenvalue weighted by Crippen LogP contribution is -2.09. The normalized spacial score (nSPS) is 21.8. The van der Waals surface area contributed by atoms with Crippen molar-refractivity contribution < 1.29 is 0 Å². The van der Waals surface area contributed by atoms with Gasteiger partial charge in [-0.2, -0.15) is 0 Å². The Morgan fingerprint density at radius 3 is 2.59 bits per heavy atom. The average molecular weight is 225 g/mol. The smallest absolute Gasteiger partial charge is 0.0662 e. The third kappa shape index (κ3) is 2.73. The summed E-state index contributed by atoms with van der Waals surface area (Å²) >= 11 is 0. The largest absolute Gasteiger partial charge is 0.253 e. The highest BCUT2D eigenvalue weighted by Crippen LogP contribution is 2.23. The van der Waals surface area contributed by atoms with Gasteiger partial charge >= 0.3 is 0 Å². The Balaban J connectivity index is 2.39. The highest BCUT2D eigenvalue weighted by molar-refractivity contribution is 6.01. The minimum atomic E-state index is 0.402. The molecule has 17 heavy (non-hydrogen) atoms. The lowest BCUT2D eigenvalue weighted by molar-refractivity contribution is 0.988. The van der Waals surface area contributed by atoms with E-state index in [9.17, 15) is 0 Å². The molecule has 0 heterocycles. The first-order chi connectivity index (χ1) is 8.06. The maximum absolute atomic E-state index is 4.78. The van der Waals surface area contributed by atoms with Gasteiger partial charge in [-0.15, -0.1) is 0 Å². The first kappa shape index (κ1) is 11.8. The molecule has 0 spiro atoms. The summed E-state index contributed by atoms with van der Waals surface area (Å²) in [5.41, 5.74) is 6.03. The molecule has 1 aliphatic rings. The number of benzene rings is 1. The molecular weight excluding hydrogens is 206 g/mol. The molecule has 1 nitrogen and oxygen atoms in total. The molecule has 2 rings (SSSR count). The van der Waals surface area contributed by atoms with E-state index in [1.165, 1.54) is 16.7 Å². The predicted octanol–water partition coefficient (Wildman–Crippen LogP) is 4.53. The Morgan fingerprint density at radius 2 is 1.88 bits per heavy atom. The van der Waals surface area contributed by atoms with Crippen LogP contribution in [0.4, 0.5) is 5.69 Å². The van der Waals surface area contributed by atoms with Gasteiger partial charge in [0.1, 0.15) is 0 Å². The van der Waals surface area contributed by atoms with Gasteiger partial charge in [-0.25, -0.2) is 0 Å². The van der Waals surface area contributed by atoms with Crippen molar-refractivity contribution in [1.29, 1.82) is 0 Å². The van der Waals surface area contributed by atoms with E-state index in [1.807, 2.05) is 0 Å². The molecule has 1 aromatic rings. The van der Waals surface area contributed by atoms with Gasteiger partial charge in [0, 0.05) is 11.6 Å². The average Bonchev–Trinajstić information content (AvgIpc) is 2.27. The Morgan fingerprint density at radius 1 is 1.12 bits per heavy atom. The highest BCUT2D eigenvalue weighted by Gasteiger charge is 2.09. The van der Waals surface area contributed by atoms with Crippen LogP contribution in [0.1, 0.15) is 25.0 Å². The lowest BCUT2D eigenvalue weighted by Gasteiger charge is -2.13. The first-order valence-corrected chi connectivity index (χ1v) is 6.08. The van der Waals surface area contributed by atoms with E-state index in [1.54, 1.807) is 0 Å². The van der Waals surface area contributed by atoms with E-state index in [0.29, 0.717) is 5.92 Å². The summed E-state index contributed by atoms with van der Waals surface area (Å²) < 4.78 is 0. The number of rotatable bonds is 1. The van der Waals surface area contributed by atoms with Crippen LogP contribution in [0.3, 0.4) is 0 Å². The van der Waals surface area contributed by atoms with Crippen LogP contribution in [0.2, 0.25) is 0 Å². The second-order valence-corrected chi connectivity index (χ2v) is 4.86. The van der Waals surface area contributed by atoms with Crippen molar-refractivity contribution in [2.75, 3.05) is 0 Å². The van der Waals surface area contributed by atoms with E-state index in [0.717, 1.165) is 11.4 Å². The van der Waals surface area contributed by atoms with Gasteiger partial charge in [0.15, 0.2) is 0 Å². The summed E-state index contributed by atoms with van der Waals surface area (Å²) in [4.78, 5) is 4.78. The third-order valence-corrected chi connectivity index (χ3v) is 3.09. The molecule has 1 aliphatic carbocycles. The zero-order chi connectivity index (χ0) is 12.4. The fourth-order valence-electron chi connectivity index (χ4n) is 2.01. The van der Waals surface area contributed by atoms with Crippen LogP contribution in [0.15, 0.2) is 47.0 Å². The molecule has 1 unspecified atom stereocenters. The molecule has 1 heteroatoms. The van der Waals surface area contributed by atoms with Crippen molar-refractivity contribution in [3.63, 3.8) is 0 Å². The van der Waals surface area contributed by atoms with E-state index in [4.69, 9.17) is 4.99 Å². The van der Waals surface area contributed by atoms with E-state index in [2.05, 4.69) is 64.1 Å². The maximum atomic E-state index is 4.78. The standard InChI is InChI=1S/C16H19N/c1-11-6-8-15(14(4)9-11)17-16-10-12(2)5-7-13(16)3/h5-10,13H,1-4H3. The fourth-order valence-corrected chi connectivity index (χ4v) is 2.01. The Kier molecular flexibility index (Phi) is 3.28. The van der Waals surface area contributed by atoms with Gasteiger partial charge in [0.05, 0.1) is 5.69 Å². The SMILES string of the molecule is CC1=CC(=Nc2ccc(C)cc2C)C(C)C=C1. The highest BCUT2D eigenvalue weighted by atomic mass is 14.8. The molecule has 0 N–H and O–H groups in total. The first-order valence-electron chi connectivity index (χ1n) is 6.08. The van der Waals surface area contributed by atoms with Crippen LogP contribution in [0, 0.1) is 19.8 Å². The van der Waals surface area contributed by atoms with Gasteiger partial charge in [-0.3, -0.25) is 4.99 Å². The van der Waals surface area contributed by atoms with Crippen molar-refractivity contribution in [1.82, 2.24) is 0 Å². The van der Waals surface area contributed by atoms with Crippen LogP contribution < -0.4 is 0 Å². The lowest BCUT2D eigenvalue weighted by atomic mass is 9.96. The molecule has 0 fully saturated rings. The molecular formula is C16H19N. The van der Waals surface area contributed by atoms with Crippen molar-refractivity contribution in [2.24, 2.45) is 10.9 Å². The molecule has 0 aliphatic heterocycles. The van der Waals surface area contributed by atoms with Gasteiger partial charge in [0.2, 0.25) is 0 Å². The minimum Gasteiger partial charge on any atom is -0.253 e. The monoisotopic (exact) mass is 225 g/mol. The van der Waals surface area contributed by atoms with E-state index in [-0.39, 0.29) is 0 Å². The van der Waals surface area contributed by atoms with Crippen molar-refractivity contribution in [3.8, 4) is 0 Å². The van der Waals surface area contributed by atoms with Crippen molar-refractivity contribution >= 4 is 11.4 Å². The maximum Gasteiger partial charge on any atom is 0.0662 e. The topological polar surface area (TPSA) is 12.4 Å². The zero-order valence-electron chi connectivity index (χ0n) is 11.0. The molecule has 88 valence electrons. The molecule has 0 amide bonds. The molecule has 0 saturated heterocycles. The number of aryl methyl sites for hydroxylation is 2. The number of hydrogen-bond acceptors (Lipinski definition) is 1. The molecule has 0 aromatic heterocycles. The Hall–Kier alpha value is -1.63. The number of allylic oxidation sites excluding steroid dienone is 4. The fraction of sp³-hybridized carbons (Fsp3) is 0.312. The van der Waals surface area contributed by atoms with Crippen LogP contribution in [0.5, 0.6) is 0 Å². The van der Waals surface area contributed by atoms with Crippen LogP contribution in [-0.4, -0.2) is 5.71 Å². The molecule has 0 saturated carbocycles. The quantitative estimate of drug-likeness (QED) is 0.666. The number of nitrogens with zero attached hydrogens (tertiary/aromatic N) is 1. The minimum absolute atomic E-state index is 0.402. The number of aliphatic imine (C=N–C) groups is 1. The molecule has 1 aromatic carbocycles. The summed E-state index contributed by atoms with van der Waals surface area (Å²) in [7, 11) is 0. The second-order valence-electron chi connectivity index (χ2n) is 4.86. The molecule has 1 atom stereocenters. The number of hydrogen-bond donors (Lipinski definition) is 0. The van der Waals surface area contributed by atoms with Crippen molar-refractivity contribution in [3.05, 3.63) is 53.1 Å². The van der Waals surface area contributed by atoms with Crippen LogP contribution in [0.25, 0.3) is 0 Å². The second kappa shape index (κ2) is 4.70. The van der Waals surface area contributed by atoms with Crippen LogP contribution in [-0.2, 0) is 0 Å².